The quantitative estimate of drug-likeness (QED) is 0.0793. The zero-order chi connectivity index (χ0) is 33.8. The maximum atomic E-state index is 13.8. The number of hydrogen-bond donors (Lipinski definition) is 0. The number of hydrogen-bond acceptors (Lipinski definition) is 9. The molecule has 13 heteroatoms. The number of nitro groups is 2. The molecule has 12 nitrogen and oxygen atoms in total. The Morgan fingerprint density at radius 1 is 1.00 bits per heavy atom. The van der Waals surface area contributed by atoms with Gasteiger partial charge in [-0.25, -0.2) is 4.98 Å². The van der Waals surface area contributed by atoms with Crippen LogP contribution in [0.4, 0.5) is 11.4 Å². The van der Waals surface area contributed by atoms with Gasteiger partial charge in [0.2, 0.25) is 5.75 Å². The van der Waals surface area contributed by atoms with Crippen molar-refractivity contribution in [1.82, 2.24) is 9.66 Å². The summed E-state index contributed by atoms with van der Waals surface area (Å²) in [5, 5.41) is 27.9. The summed E-state index contributed by atoms with van der Waals surface area (Å²) in [6.07, 6.45) is 1.29. The van der Waals surface area contributed by atoms with Crippen LogP contribution in [0.2, 0.25) is 5.02 Å². The minimum atomic E-state index is -0.655. The smallest absolute Gasteiger partial charge is 0.313 e. The van der Waals surface area contributed by atoms with E-state index in [1.807, 2.05) is 39.8 Å². The summed E-state index contributed by atoms with van der Waals surface area (Å²) in [6, 6.07) is 19.1. The number of aromatic nitrogens is 2. The zero-order valence-corrected chi connectivity index (χ0v) is 26.7. The maximum absolute atomic E-state index is 13.8. The lowest BCUT2D eigenvalue weighted by atomic mass is 9.96. The lowest BCUT2D eigenvalue weighted by molar-refractivity contribution is -0.385. The molecule has 0 radical (unpaired) electrons. The molecule has 0 aliphatic rings. The van der Waals surface area contributed by atoms with Gasteiger partial charge in [0.05, 0.1) is 38.6 Å². The highest BCUT2D eigenvalue weighted by Gasteiger charge is 2.22. The standard InChI is InChI=1S/C34H30ClN5O7/c1-5-46-31-13-21(4)27(17-26(31)20(2)3)33-37-29-12-7-6-11-25(29)34(41)38(33)36-18-23-15-28(35)32(30(16-23)40(44)45)47-19-22-9-8-10-24(14-22)39(42)43/h6-18,20H,5,19H2,1-4H3. The van der Waals surface area contributed by atoms with Gasteiger partial charge in [-0.15, -0.1) is 0 Å². The van der Waals surface area contributed by atoms with E-state index in [-0.39, 0.29) is 40.4 Å². The predicted octanol–water partition coefficient (Wildman–Crippen LogP) is 7.83. The molecular weight excluding hydrogens is 626 g/mol. The van der Waals surface area contributed by atoms with E-state index in [1.54, 1.807) is 30.3 Å². The van der Waals surface area contributed by atoms with Gasteiger partial charge >= 0.3 is 5.69 Å². The van der Waals surface area contributed by atoms with Crippen molar-refractivity contribution in [1.29, 1.82) is 0 Å². The first-order valence-corrected chi connectivity index (χ1v) is 15.0. The highest BCUT2D eigenvalue weighted by Crippen LogP contribution is 2.37. The summed E-state index contributed by atoms with van der Waals surface area (Å²) >= 11 is 6.46. The van der Waals surface area contributed by atoms with Crippen molar-refractivity contribution in [3.8, 4) is 22.9 Å². The summed E-state index contributed by atoms with van der Waals surface area (Å²) in [4.78, 5) is 40.6. The van der Waals surface area contributed by atoms with Crippen LogP contribution in [0.5, 0.6) is 11.5 Å². The monoisotopic (exact) mass is 655 g/mol. The van der Waals surface area contributed by atoms with Crippen LogP contribution in [0, 0.1) is 27.2 Å². The van der Waals surface area contributed by atoms with E-state index in [1.165, 1.54) is 41.2 Å². The molecule has 240 valence electrons. The summed E-state index contributed by atoms with van der Waals surface area (Å²) < 4.78 is 12.7. The van der Waals surface area contributed by atoms with Gasteiger partial charge in [-0.1, -0.05) is 49.7 Å². The largest absolute Gasteiger partial charge is 0.494 e. The Labute approximate surface area is 274 Å². The van der Waals surface area contributed by atoms with Crippen LogP contribution in [0.3, 0.4) is 0 Å². The molecule has 0 aliphatic carbocycles. The first-order chi connectivity index (χ1) is 22.5. The van der Waals surface area contributed by atoms with E-state index in [4.69, 9.17) is 26.1 Å². The van der Waals surface area contributed by atoms with Crippen molar-refractivity contribution in [2.45, 2.75) is 40.2 Å². The molecule has 5 aromatic rings. The normalized spacial score (nSPS) is 11.4. The van der Waals surface area contributed by atoms with E-state index in [2.05, 4.69) is 5.10 Å². The number of ether oxygens (including phenoxy) is 2. The molecule has 1 heterocycles. The third kappa shape index (κ3) is 6.97. The van der Waals surface area contributed by atoms with Gasteiger partial charge in [-0.3, -0.25) is 25.0 Å². The third-order valence-corrected chi connectivity index (χ3v) is 7.62. The van der Waals surface area contributed by atoms with Crippen LogP contribution in [-0.2, 0) is 6.61 Å². The molecule has 0 fully saturated rings. The summed E-state index contributed by atoms with van der Waals surface area (Å²) in [7, 11) is 0. The fraction of sp³-hybridized carbons (Fsp3) is 0.206. The number of nitro benzene ring substituents is 2. The van der Waals surface area contributed by atoms with Crippen molar-refractivity contribution < 1.29 is 19.3 Å². The second kappa shape index (κ2) is 13.8. The van der Waals surface area contributed by atoms with Crippen molar-refractivity contribution in [2.75, 3.05) is 6.61 Å². The molecule has 0 saturated heterocycles. The van der Waals surface area contributed by atoms with Gasteiger partial charge in [0, 0.05) is 29.3 Å². The van der Waals surface area contributed by atoms with Gasteiger partial charge in [0.1, 0.15) is 12.4 Å². The highest BCUT2D eigenvalue weighted by molar-refractivity contribution is 6.32. The van der Waals surface area contributed by atoms with Gasteiger partial charge < -0.3 is 9.47 Å². The molecule has 0 atom stereocenters. The molecule has 47 heavy (non-hydrogen) atoms. The number of nitrogens with zero attached hydrogens (tertiary/aromatic N) is 5. The van der Waals surface area contributed by atoms with Crippen molar-refractivity contribution >= 4 is 40.1 Å². The van der Waals surface area contributed by atoms with Crippen molar-refractivity contribution in [2.24, 2.45) is 5.10 Å². The Balaban J connectivity index is 1.59. The van der Waals surface area contributed by atoms with E-state index in [9.17, 15) is 25.0 Å². The molecule has 4 aromatic carbocycles. The second-order valence-corrected chi connectivity index (χ2v) is 11.3. The second-order valence-electron chi connectivity index (χ2n) is 10.9. The predicted molar refractivity (Wildman–Crippen MR) is 180 cm³/mol. The lowest BCUT2D eigenvalue weighted by Gasteiger charge is -2.18. The fourth-order valence-electron chi connectivity index (χ4n) is 5.07. The van der Waals surface area contributed by atoms with Crippen LogP contribution < -0.4 is 15.0 Å². The molecule has 1 aromatic heterocycles. The summed E-state index contributed by atoms with van der Waals surface area (Å²) in [5.41, 5.74) is 2.54. The van der Waals surface area contributed by atoms with E-state index < -0.39 is 21.1 Å². The lowest BCUT2D eigenvalue weighted by Crippen LogP contribution is -2.21. The van der Waals surface area contributed by atoms with Crippen molar-refractivity contribution in [3.63, 3.8) is 0 Å². The Bertz CT molecular complexity index is 2110. The minimum absolute atomic E-state index is 0.0841. The van der Waals surface area contributed by atoms with Crippen LogP contribution in [0.25, 0.3) is 22.3 Å². The van der Waals surface area contributed by atoms with Gasteiger partial charge in [-0.2, -0.15) is 9.78 Å². The number of halogens is 1. The molecule has 0 spiro atoms. The third-order valence-electron chi connectivity index (χ3n) is 7.34. The number of fused-ring (bicyclic) bond motifs is 1. The zero-order valence-electron chi connectivity index (χ0n) is 26.0. The maximum Gasteiger partial charge on any atom is 0.313 e. The first-order valence-electron chi connectivity index (χ1n) is 14.7. The van der Waals surface area contributed by atoms with Crippen LogP contribution in [-0.4, -0.2) is 32.3 Å². The number of benzene rings is 4. The van der Waals surface area contributed by atoms with Gasteiger partial charge in [-0.05, 0) is 66.8 Å². The molecule has 0 aliphatic heterocycles. The Hall–Kier alpha value is -5.62. The number of aryl methyl sites for hydroxylation is 1. The molecular formula is C34H30ClN5O7. The number of non-ortho nitro benzene ring substituents is 1. The summed E-state index contributed by atoms with van der Waals surface area (Å²) in [5.74, 6) is 0.929. The average Bonchev–Trinajstić information content (AvgIpc) is 3.03. The molecule has 0 unspecified atom stereocenters. The Kier molecular flexibility index (Phi) is 9.62. The topological polar surface area (TPSA) is 152 Å². The fourth-order valence-corrected chi connectivity index (χ4v) is 5.35. The van der Waals surface area contributed by atoms with Gasteiger partial charge in [0.25, 0.3) is 11.2 Å². The molecule has 0 saturated carbocycles. The SMILES string of the molecule is CCOc1cc(C)c(-c2nc3ccccc3c(=O)n2N=Cc2cc(Cl)c(OCc3cccc([N+](=O)[O-])c3)c([N+](=O)[O-])c2)cc1C(C)C. The van der Waals surface area contributed by atoms with Crippen molar-refractivity contribution in [3.05, 3.63) is 131 Å². The van der Waals surface area contributed by atoms with Crippen LogP contribution >= 0.6 is 11.6 Å². The molecule has 0 bridgehead atoms. The number of rotatable bonds is 11. The van der Waals surface area contributed by atoms with E-state index >= 15 is 0 Å². The van der Waals surface area contributed by atoms with Crippen LogP contribution in [0.15, 0.2) is 82.7 Å². The highest BCUT2D eigenvalue weighted by atomic mass is 35.5. The van der Waals surface area contributed by atoms with E-state index in [0.717, 1.165) is 16.9 Å². The van der Waals surface area contributed by atoms with Gasteiger partial charge in [0.15, 0.2) is 5.82 Å². The molecule has 0 amide bonds. The molecule has 0 N–H and O–H groups in total. The summed E-state index contributed by atoms with van der Waals surface area (Å²) in [6.45, 7) is 8.20. The van der Waals surface area contributed by atoms with Crippen LogP contribution in [0.1, 0.15) is 48.9 Å². The average molecular weight is 656 g/mol. The Morgan fingerprint density at radius 2 is 1.77 bits per heavy atom. The minimum Gasteiger partial charge on any atom is -0.494 e. The molecule has 5 rings (SSSR count). The first kappa shape index (κ1) is 32.8. The Morgan fingerprint density at radius 3 is 2.47 bits per heavy atom. The van der Waals surface area contributed by atoms with E-state index in [0.29, 0.717) is 28.6 Å². The number of para-hydroxylation sites is 1.